The number of phenols is 1. The molecule has 0 aliphatic rings. The van der Waals surface area contributed by atoms with E-state index in [0.717, 1.165) is 11.3 Å². The number of sulfonamides is 1. The molecule has 7 heteroatoms. The minimum Gasteiger partial charge on any atom is -0.506 e. The fraction of sp³-hybridized carbons (Fsp3) is 0.167. The van der Waals surface area contributed by atoms with E-state index in [9.17, 15) is 13.5 Å². The zero-order chi connectivity index (χ0) is 14.2. The highest BCUT2D eigenvalue weighted by molar-refractivity contribution is 7.94. The van der Waals surface area contributed by atoms with Crippen LogP contribution in [0, 0.1) is 13.8 Å². The van der Waals surface area contributed by atoms with Gasteiger partial charge in [-0.1, -0.05) is 23.7 Å². The van der Waals surface area contributed by atoms with E-state index in [0.29, 0.717) is 15.5 Å². The molecule has 0 atom stereocenters. The van der Waals surface area contributed by atoms with Gasteiger partial charge in [-0.15, -0.1) is 11.3 Å². The summed E-state index contributed by atoms with van der Waals surface area (Å²) in [6.07, 6.45) is 0. The Bertz CT molecular complexity index is 683. The standard InChI is InChI=1S/C12H12ClNO3S2/c1-7-4-3-5-9(15)11(7)14-19(16,17)10-6-8(2)12(13)18-10/h3-6,14-15H,1-2H3. The number of rotatable bonds is 3. The molecule has 2 rings (SSSR count). The molecule has 0 unspecified atom stereocenters. The summed E-state index contributed by atoms with van der Waals surface area (Å²) in [5.74, 6) is -0.108. The van der Waals surface area contributed by atoms with E-state index in [2.05, 4.69) is 4.72 Å². The van der Waals surface area contributed by atoms with Crippen LogP contribution >= 0.6 is 22.9 Å². The fourth-order valence-electron chi connectivity index (χ4n) is 1.53. The van der Waals surface area contributed by atoms with Crippen LogP contribution in [0.25, 0.3) is 0 Å². The minimum atomic E-state index is -3.74. The summed E-state index contributed by atoms with van der Waals surface area (Å²) in [5, 5.41) is 9.71. The lowest BCUT2D eigenvalue weighted by atomic mass is 10.2. The molecule has 0 aliphatic carbocycles. The molecule has 102 valence electrons. The topological polar surface area (TPSA) is 66.4 Å². The first-order valence-electron chi connectivity index (χ1n) is 5.38. The van der Waals surface area contributed by atoms with Crippen molar-refractivity contribution in [2.75, 3.05) is 4.72 Å². The third kappa shape index (κ3) is 2.86. The SMILES string of the molecule is Cc1cc(S(=O)(=O)Nc2c(C)cccc2O)sc1Cl. The largest absolute Gasteiger partial charge is 0.506 e. The highest BCUT2D eigenvalue weighted by Gasteiger charge is 2.20. The van der Waals surface area contributed by atoms with Gasteiger partial charge in [0.15, 0.2) is 0 Å². The molecule has 1 aromatic carbocycles. The summed E-state index contributed by atoms with van der Waals surface area (Å²) >= 11 is 6.86. The van der Waals surface area contributed by atoms with E-state index in [-0.39, 0.29) is 15.6 Å². The minimum absolute atomic E-state index is 0.108. The molecule has 1 heterocycles. The Morgan fingerprint density at radius 2 is 1.95 bits per heavy atom. The molecule has 0 spiro atoms. The zero-order valence-electron chi connectivity index (χ0n) is 10.3. The van der Waals surface area contributed by atoms with Gasteiger partial charge in [0.25, 0.3) is 10.0 Å². The van der Waals surface area contributed by atoms with Crippen molar-refractivity contribution in [2.24, 2.45) is 0 Å². The number of thiophene rings is 1. The van der Waals surface area contributed by atoms with Crippen LogP contribution in [0.5, 0.6) is 5.75 Å². The van der Waals surface area contributed by atoms with Gasteiger partial charge in [0.2, 0.25) is 0 Å². The third-order valence-corrected chi connectivity index (χ3v) is 5.97. The van der Waals surface area contributed by atoms with Gasteiger partial charge >= 0.3 is 0 Å². The predicted molar refractivity (Wildman–Crippen MR) is 77.7 cm³/mol. The number of anilines is 1. The van der Waals surface area contributed by atoms with Crippen LogP contribution in [0.2, 0.25) is 4.34 Å². The third-order valence-electron chi connectivity index (χ3n) is 2.59. The van der Waals surface area contributed by atoms with Gasteiger partial charge in [0.05, 0.1) is 10.0 Å². The lowest BCUT2D eigenvalue weighted by Crippen LogP contribution is -2.12. The van der Waals surface area contributed by atoms with Crippen molar-refractivity contribution in [3.8, 4) is 5.75 Å². The smallest absolute Gasteiger partial charge is 0.271 e. The molecule has 1 aromatic heterocycles. The zero-order valence-corrected chi connectivity index (χ0v) is 12.7. The van der Waals surface area contributed by atoms with E-state index >= 15 is 0 Å². The summed E-state index contributed by atoms with van der Waals surface area (Å²) < 4.78 is 27.3. The monoisotopic (exact) mass is 317 g/mol. The second-order valence-corrected chi connectivity index (χ2v) is 7.66. The normalized spacial score (nSPS) is 11.5. The second-order valence-electron chi connectivity index (χ2n) is 4.10. The van der Waals surface area contributed by atoms with E-state index in [4.69, 9.17) is 11.6 Å². The van der Waals surface area contributed by atoms with Gasteiger partial charge in [0.1, 0.15) is 9.96 Å². The second kappa shape index (κ2) is 5.03. The van der Waals surface area contributed by atoms with Gasteiger partial charge in [-0.05, 0) is 37.1 Å². The molecule has 2 aromatic rings. The number of aryl methyl sites for hydroxylation is 2. The van der Waals surface area contributed by atoms with Crippen molar-refractivity contribution in [2.45, 2.75) is 18.1 Å². The van der Waals surface area contributed by atoms with Gasteiger partial charge in [-0.2, -0.15) is 0 Å². The summed E-state index contributed by atoms with van der Waals surface area (Å²) in [6, 6.07) is 6.29. The average molecular weight is 318 g/mol. The lowest BCUT2D eigenvalue weighted by Gasteiger charge is -2.10. The van der Waals surface area contributed by atoms with Crippen molar-refractivity contribution in [1.29, 1.82) is 0 Å². The van der Waals surface area contributed by atoms with E-state index < -0.39 is 10.0 Å². The number of hydrogen-bond acceptors (Lipinski definition) is 4. The Hall–Kier alpha value is -1.24. The Labute approximate surface area is 120 Å². The summed E-state index contributed by atoms with van der Waals surface area (Å²) in [7, 11) is -3.74. The van der Waals surface area contributed by atoms with Crippen molar-refractivity contribution in [3.63, 3.8) is 0 Å². The van der Waals surface area contributed by atoms with Gasteiger partial charge in [-0.25, -0.2) is 8.42 Å². The van der Waals surface area contributed by atoms with Crippen LogP contribution in [-0.2, 0) is 10.0 Å². The average Bonchev–Trinajstić information content (AvgIpc) is 2.66. The molecule has 0 bridgehead atoms. The molecule has 19 heavy (non-hydrogen) atoms. The molecule has 4 nitrogen and oxygen atoms in total. The number of benzene rings is 1. The van der Waals surface area contributed by atoms with Crippen LogP contribution in [0.15, 0.2) is 28.5 Å². The molecule has 2 N–H and O–H groups in total. The van der Waals surface area contributed by atoms with E-state index in [1.54, 1.807) is 26.0 Å². The van der Waals surface area contributed by atoms with Crippen molar-refractivity contribution >= 4 is 38.6 Å². The number of para-hydroxylation sites is 1. The van der Waals surface area contributed by atoms with Gasteiger partial charge in [0, 0.05) is 0 Å². The van der Waals surface area contributed by atoms with Crippen LogP contribution in [0.3, 0.4) is 0 Å². The van der Waals surface area contributed by atoms with Crippen LogP contribution in [-0.4, -0.2) is 13.5 Å². The van der Waals surface area contributed by atoms with E-state index in [1.807, 2.05) is 0 Å². The summed E-state index contributed by atoms with van der Waals surface area (Å²) in [6.45, 7) is 3.45. The number of hydrogen-bond donors (Lipinski definition) is 2. The number of phenolic OH excluding ortho intramolecular Hbond substituents is 1. The Balaban J connectivity index is 2.42. The van der Waals surface area contributed by atoms with Gasteiger partial charge < -0.3 is 5.11 Å². The molecule has 0 fully saturated rings. The van der Waals surface area contributed by atoms with Crippen molar-refractivity contribution < 1.29 is 13.5 Å². The number of nitrogens with one attached hydrogen (secondary N) is 1. The first-order valence-corrected chi connectivity index (χ1v) is 8.06. The van der Waals surface area contributed by atoms with Gasteiger partial charge in [-0.3, -0.25) is 4.72 Å². The Kier molecular flexibility index (Phi) is 3.75. The maximum atomic E-state index is 12.2. The summed E-state index contributed by atoms with van der Waals surface area (Å²) in [4.78, 5) is 0. The molecule has 0 amide bonds. The van der Waals surface area contributed by atoms with Crippen molar-refractivity contribution in [1.82, 2.24) is 0 Å². The molecular weight excluding hydrogens is 306 g/mol. The molecule has 0 saturated heterocycles. The molecule has 0 aliphatic heterocycles. The highest BCUT2D eigenvalue weighted by atomic mass is 35.5. The van der Waals surface area contributed by atoms with Crippen molar-refractivity contribution in [3.05, 3.63) is 39.7 Å². The molecule has 0 radical (unpaired) electrons. The Morgan fingerprint density at radius 1 is 1.26 bits per heavy atom. The number of aromatic hydroxyl groups is 1. The lowest BCUT2D eigenvalue weighted by molar-refractivity contribution is 0.477. The Morgan fingerprint density at radius 3 is 2.47 bits per heavy atom. The molecular formula is C12H12ClNO3S2. The van der Waals surface area contributed by atoms with Crippen LogP contribution < -0.4 is 4.72 Å². The van der Waals surface area contributed by atoms with Crippen LogP contribution in [0.1, 0.15) is 11.1 Å². The number of halogens is 1. The summed E-state index contributed by atoms with van der Waals surface area (Å²) in [5.41, 5.74) is 1.54. The predicted octanol–water partition coefficient (Wildman–Crippen LogP) is 3.52. The maximum absolute atomic E-state index is 12.2. The van der Waals surface area contributed by atoms with Crippen LogP contribution in [0.4, 0.5) is 5.69 Å². The first-order chi connectivity index (χ1) is 8.81. The van der Waals surface area contributed by atoms with E-state index in [1.165, 1.54) is 12.1 Å². The fourth-order valence-corrected chi connectivity index (χ4v) is 4.39. The maximum Gasteiger partial charge on any atom is 0.271 e. The molecule has 0 saturated carbocycles. The highest BCUT2D eigenvalue weighted by Crippen LogP contribution is 2.33. The quantitative estimate of drug-likeness (QED) is 0.851. The first kappa shape index (κ1) is 14.2.